The first kappa shape index (κ1) is 18.8. The van der Waals surface area contributed by atoms with Gasteiger partial charge < -0.3 is 9.88 Å². The van der Waals surface area contributed by atoms with Crippen molar-refractivity contribution in [3.05, 3.63) is 36.0 Å². The van der Waals surface area contributed by atoms with Crippen molar-refractivity contribution in [2.24, 2.45) is 7.05 Å². The van der Waals surface area contributed by atoms with Crippen molar-refractivity contribution in [2.75, 3.05) is 26.2 Å². The summed E-state index contributed by atoms with van der Waals surface area (Å²) in [4.78, 5) is 2.43. The average Bonchev–Trinajstić information content (AvgIpc) is 2.83. The van der Waals surface area contributed by atoms with E-state index in [-0.39, 0.29) is 30.9 Å². The van der Waals surface area contributed by atoms with Gasteiger partial charge in [0.05, 0.1) is 12.5 Å². The molecule has 1 aliphatic heterocycles. The van der Waals surface area contributed by atoms with Crippen LogP contribution in [-0.4, -0.2) is 35.6 Å². The first-order valence-electron chi connectivity index (χ1n) is 7.17. The zero-order chi connectivity index (χ0) is 13.9. The minimum absolute atomic E-state index is 0. The number of nitrogens with zero attached hydrogens (tertiary/aromatic N) is 3. The van der Waals surface area contributed by atoms with Crippen molar-refractivity contribution in [2.45, 2.75) is 12.5 Å². The van der Waals surface area contributed by atoms with E-state index in [1.165, 1.54) is 16.5 Å². The number of para-hydroxylation sites is 1. The Kier molecular flexibility index (Phi) is 7.18. The Labute approximate surface area is 143 Å². The lowest BCUT2D eigenvalue weighted by Crippen LogP contribution is -2.45. The van der Waals surface area contributed by atoms with Crippen molar-refractivity contribution < 1.29 is 0 Å². The van der Waals surface area contributed by atoms with Crippen LogP contribution in [0.3, 0.4) is 0 Å². The van der Waals surface area contributed by atoms with Gasteiger partial charge in [-0.15, -0.1) is 24.8 Å². The number of aryl methyl sites for hydroxylation is 1. The predicted octanol–water partition coefficient (Wildman–Crippen LogP) is 2.88. The fourth-order valence-corrected chi connectivity index (χ4v) is 3.15. The highest BCUT2D eigenvalue weighted by Crippen LogP contribution is 2.31. The Morgan fingerprint density at radius 2 is 1.91 bits per heavy atom. The van der Waals surface area contributed by atoms with Gasteiger partial charge in [-0.25, -0.2) is 0 Å². The number of piperazine rings is 1. The minimum Gasteiger partial charge on any atom is -0.350 e. The molecule has 1 atom stereocenters. The zero-order valence-electron chi connectivity index (χ0n) is 12.7. The molecule has 1 aromatic heterocycles. The maximum absolute atomic E-state index is 9.21. The first-order chi connectivity index (χ1) is 9.81. The number of rotatable bonds is 3. The van der Waals surface area contributed by atoms with Crippen LogP contribution in [0.2, 0.25) is 0 Å². The van der Waals surface area contributed by atoms with Crippen LogP contribution < -0.4 is 5.32 Å². The van der Waals surface area contributed by atoms with Gasteiger partial charge in [-0.3, -0.25) is 4.90 Å². The highest BCUT2D eigenvalue weighted by molar-refractivity contribution is 5.86. The SMILES string of the molecule is Cl.Cl.Cn1cc([C@H](CC#N)N2CCNCC2)c2ccccc21. The molecular weight excluding hydrogens is 319 g/mol. The molecule has 2 aromatic rings. The molecule has 1 fully saturated rings. The summed E-state index contributed by atoms with van der Waals surface area (Å²) < 4.78 is 2.16. The van der Waals surface area contributed by atoms with E-state index in [9.17, 15) is 5.26 Å². The fourth-order valence-electron chi connectivity index (χ4n) is 3.15. The van der Waals surface area contributed by atoms with Crippen LogP contribution in [0.25, 0.3) is 10.9 Å². The van der Waals surface area contributed by atoms with E-state index in [0.29, 0.717) is 6.42 Å². The number of nitrogens with one attached hydrogen (secondary N) is 1. The normalized spacial score (nSPS) is 16.4. The number of hydrogen-bond donors (Lipinski definition) is 1. The summed E-state index contributed by atoms with van der Waals surface area (Å²) in [5.41, 5.74) is 2.52. The molecule has 0 radical (unpaired) electrons. The molecule has 1 saturated heterocycles. The highest BCUT2D eigenvalue weighted by Gasteiger charge is 2.24. The summed E-state index contributed by atoms with van der Waals surface area (Å²) in [7, 11) is 2.08. The lowest BCUT2D eigenvalue weighted by molar-refractivity contribution is 0.176. The molecule has 0 bridgehead atoms. The van der Waals surface area contributed by atoms with Gasteiger partial charge in [-0.1, -0.05) is 18.2 Å². The van der Waals surface area contributed by atoms with Crippen molar-refractivity contribution in [1.82, 2.24) is 14.8 Å². The third-order valence-corrected chi connectivity index (χ3v) is 4.16. The van der Waals surface area contributed by atoms with E-state index >= 15 is 0 Å². The predicted molar refractivity (Wildman–Crippen MR) is 94.8 cm³/mol. The monoisotopic (exact) mass is 340 g/mol. The Bertz CT molecular complexity index is 641. The van der Waals surface area contributed by atoms with E-state index in [1.807, 2.05) is 0 Å². The van der Waals surface area contributed by atoms with Crippen LogP contribution in [0.15, 0.2) is 30.5 Å². The van der Waals surface area contributed by atoms with Crippen LogP contribution in [0.5, 0.6) is 0 Å². The lowest BCUT2D eigenvalue weighted by atomic mass is 10.0. The molecule has 0 saturated carbocycles. The third kappa shape index (κ3) is 3.56. The lowest BCUT2D eigenvalue weighted by Gasteiger charge is -2.33. The molecule has 1 aromatic carbocycles. The Morgan fingerprint density at radius 1 is 1.23 bits per heavy atom. The molecule has 3 rings (SSSR count). The Hall–Kier alpha value is -1.25. The standard InChI is InChI=1S/C16H20N4.2ClH/c1-19-12-14(13-4-2-3-5-15(13)19)16(6-7-17)20-10-8-18-9-11-20;;/h2-5,12,16,18H,6,8-11H2,1H3;2*1H/t16-;;/m0../s1. The number of halogens is 2. The maximum atomic E-state index is 9.21. The second-order valence-corrected chi connectivity index (χ2v) is 5.38. The number of hydrogen-bond acceptors (Lipinski definition) is 3. The van der Waals surface area contributed by atoms with Crippen LogP contribution in [0.1, 0.15) is 18.0 Å². The molecular formula is C16H22Cl2N4. The molecule has 6 heteroatoms. The van der Waals surface area contributed by atoms with Crippen molar-refractivity contribution in [3.63, 3.8) is 0 Å². The second-order valence-electron chi connectivity index (χ2n) is 5.38. The topological polar surface area (TPSA) is 44.0 Å². The average molecular weight is 341 g/mol. The van der Waals surface area contributed by atoms with Crippen LogP contribution in [0, 0.1) is 11.3 Å². The van der Waals surface area contributed by atoms with Crippen molar-refractivity contribution in [3.8, 4) is 6.07 Å². The molecule has 1 N–H and O–H groups in total. The third-order valence-electron chi connectivity index (χ3n) is 4.16. The van der Waals surface area contributed by atoms with E-state index in [2.05, 4.69) is 58.4 Å². The summed E-state index contributed by atoms with van der Waals surface area (Å²) in [6, 6.07) is 11.0. The van der Waals surface area contributed by atoms with Gasteiger partial charge in [0, 0.05) is 56.4 Å². The number of nitriles is 1. The van der Waals surface area contributed by atoms with Crippen LogP contribution in [0.4, 0.5) is 0 Å². The van der Waals surface area contributed by atoms with Gasteiger partial charge in [0.1, 0.15) is 0 Å². The number of benzene rings is 1. The molecule has 0 aliphatic carbocycles. The second kappa shape index (κ2) is 8.40. The van der Waals surface area contributed by atoms with E-state index in [1.54, 1.807) is 0 Å². The summed E-state index contributed by atoms with van der Waals surface area (Å²) in [6.45, 7) is 4.03. The van der Waals surface area contributed by atoms with Gasteiger partial charge in [-0.2, -0.15) is 5.26 Å². The smallest absolute Gasteiger partial charge is 0.0641 e. The summed E-state index contributed by atoms with van der Waals surface area (Å²) in [6.07, 6.45) is 2.74. The quantitative estimate of drug-likeness (QED) is 0.934. The molecule has 4 nitrogen and oxygen atoms in total. The fraction of sp³-hybridized carbons (Fsp3) is 0.438. The van der Waals surface area contributed by atoms with Crippen LogP contribution >= 0.6 is 24.8 Å². The molecule has 0 amide bonds. The van der Waals surface area contributed by atoms with E-state index in [0.717, 1.165) is 26.2 Å². The molecule has 120 valence electrons. The highest BCUT2D eigenvalue weighted by atomic mass is 35.5. The number of fused-ring (bicyclic) bond motifs is 1. The molecule has 1 aliphatic rings. The van der Waals surface area contributed by atoms with Gasteiger partial charge >= 0.3 is 0 Å². The van der Waals surface area contributed by atoms with Gasteiger partial charge in [0.25, 0.3) is 0 Å². The van der Waals surface area contributed by atoms with Crippen molar-refractivity contribution >= 4 is 35.7 Å². The van der Waals surface area contributed by atoms with Crippen LogP contribution in [-0.2, 0) is 7.05 Å². The summed E-state index contributed by atoms with van der Waals surface area (Å²) >= 11 is 0. The number of aromatic nitrogens is 1. The molecule has 2 heterocycles. The zero-order valence-corrected chi connectivity index (χ0v) is 14.3. The van der Waals surface area contributed by atoms with Gasteiger partial charge in [0.15, 0.2) is 0 Å². The first-order valence-corrected chi connectivity index (χ1v) is 7.17. The largest absolute Gasteiger partial charge is 0.350 e. The van der Waals surface area contributed by atoms with E-state index < -0.39 is 0 Å². The molecule has 0 spiro atoms. The summed E-state index contributed by atoms with van der Waals surface area (Å²) in [5.74, 6) is 0. The van der Waals surface area contributed by atoms with Crippen molar-refractivity contribution in [1.29, 1.82) is 5.26 Å². The van der Waals surface area contributed by atoms with E-state index in [4.69, 9.17) is 0 Å². The minimum atomic E-state index is 0. The Balaban J connectivity index is 0.00000121. The molecule has 22 heavy (non-hydrogen) atoms. The molecule has 0 unspecified atom stereocenters. The Morgan fingerprint density at radius 3 is 2.59 bits per heavy atom. The maximum Gasteiger partial charge on any atom is 0.0641 e. The van der Waals surface area contributed by atoms with Gasteiger partial charge in [-0.05, 0) is 11.6 Å². The van der Waals surface area contributed by atoms with Gasteiger partial charge in [0.2, 0.25) is 0 Å². The summed E-state index contributed by atoms with van der Waals surface area (Å²) in [5, 5.41) is 13.9.